The first-order chi connectivity index (χ1) is 8.50. The number of rotatable bonds is 3. The molecule has 1 aliphatic heterocycles. The molecule has 0 radical (unpaired) electrons. The van der Waals surface area contributed by atoms with Gasteiger partial charge in [0.25, 0.3) is 5.91 Å². The van der Waals surface area contributed by atoms with E-state index in [0.29, 0.717) is 23.6 Å². The predicted octanol–water partition coefficient (Wildman–Crippen LogP) is 1.83. The minimum atomic E-state index is -0.942. The molecule has 1 saturated heterocycles. The van der Waals surface area contributed by atoms with Gasteiger partial charge in [-0.05, 0) is 40.8 Å². The summed E-state index contributed by atoms with van der Waals surface area (Å²) in [6.45, 7) is 0.984. The maximum atomic E-state index is 11.9. The van der Waals surface area contributed by atoms with Gasteiger partial charge in [0.2, 0.25) is 0 Å². The number of carbonyl (C=O) groups excluding carboxylic acids is 1. The summed E-state index contributed by atoms with van der Waals surface area (Å²) in [5.41, 5.74) is -0.453. The lowest BCUT2D eigenvalue weighted by Gasteiger charge is -2.20. The highest BCUT2D eigenvalue weighted by Gasteiger charge is 2.32. The average Bonchev–Trinajstić information content (AvgIpc) is 2.77. The van der Waals surface area contributed by atoms with Gasteiger partial charge in [0.1, 0.15) is 5.60 Å². The second-order valence-corrected chi connectivity index (χ2v) is 5.91. The largest absolute Gasteiger partial charge is 0.386 e. The summed E-state index contributed by atoms with van der Waals surface area (Å²) in [7, 11) is 0. The molecule has 0 spiro atoms. The molecule has 0 bridgehead atoms. The minimum Gasteiger partial charge on any atom is -0.386 e. The van der Waals surface area contributed by atoms with Gasteiger partial charge in [-0.2, -0.15) is 0 Å². The molecule has 1 atom stereocenters. The Morgan fingerprint density at radius 2 is 2.39 bits per heavy atom. The zero-order valence-electron chi connectivity index (χ0n) is 9.58. The average molecular weight is 382 g/mol. The zero-order valence-corrected chi connectivity index (χ0v) is 12.5. The van der Waals surface area contributed by atoms with Gasteiger partial charge in [0, 0.05) is 28.7 Å². The molecule has 2 N–H and O–H groups in total. The molecule has 0 aliphatic carbocycles. The van der Waals surface area contributed by atoms with E-state index in [1.54, 1.807) is 18.2 Å². The number of benzene rings is 1. The first-order valence-corrected chi connectivity index (χ1v) is 6.99. The van der Waals surface area contributed by atoms with Gasteiger partial charge in [-0.25, -0.2) is 0 Å². The maximum absolute atomic E-state index is 11.9. The fourth-order valence-corrected chi connectivity index (χ4v) is 2.24. The molecule has 1 heterocycles. The quantitative estimate of drug-likeness (QED) is 0.786. The number of hydrogen-bond donors (Lipinski definition) is 2. The summed E-state index contributed by atoms with van der Waals surface area (Å²) in [5, 5.41) is 13.3. The molecule has 2 rings (SSSR count). The third kappa shape index (κ3) is 3.34. The highest BCUT2D eigenvalue weighted by molar-refractivity contribution is 14.1. The molecule has 98 valence electrons. The number of hydrogen-bond acceptors (Lipinski definition) is 3. The molecule has 1 aromatic rings. The van der Waals surface area contributed by atoms with Gasteiger partial charge < -0.3 is 15.2 Å². The van der Waals surface area contributed by atoms with E-state index in [4.69, 9.17) is 16.3 Å². The van der Waals surface area contributed by atoms with Gasteiger partial charge in [-0.3, -0.25) is 4.79 Å². The van der Waals surface area contributed by atoms with E-state index in [1.165, 1.54) is 0 Å². The number of carbonyl (C=O) groups is 1. The first-order valence-electron chi connectivity index (χ1n) is 5.54. The number of nitrogens with one attached hydrogen (secondary N) is 1. The van der Waals surface area contributed by atoms with Crippen LogP contribution < -0.4 is 5.32 Å². The van der Waals surface area contributed by atoms with E-state index in [1.807, 2.05) is 0 Å². The maximum Gasteiger partial charge on any atom is 0.251 e. The third-order valence-electron chi connectivity index (χ3n) is 2.84. The van der Waals surface area contributed by atoms with E-state index in [0.717, 1.165) is 3.57 Å². The smallest absolute Gasteiger partial charge is 0.251 e. The Kier molecular flexibility index (Phi) is 4.47. The summed E-state index contributed by atoms with van der Waals surface area (Å²) in [4.78, 5) is 11.9. The van der Waals surface area contributed by atoms with Gasteiger partial charge in [0.15, 0.2) is 0 Å². The Morgan fingerprint density at radius 1 is 1.61 bits per heavy atom. The fourth-order valence-electron chi connectivity index (χ4n) is 1.72. The summed E-state index contributed by atoms with van der Waals surface area (Å²) < 4.78 is 6.01. The lowest BCUT2D eigenvalue weighted by Crippen LogP contribution is -2.43. The molecule has 4 nitrogen and oxygen atoms in total. The molecule has 0 aromatic heterocycles. The molecule has 18 heavy (non-hydrogen) atoms. The van der Waals surface area contributed by atoms with Crippen molar-refractivity contribution in [2.75, 3.05) is 19.8 Å². The standard InChI is InChI=1S/C12H13ClINO3/c13-9-5-8(1-2-10(9)14)11(16)15-6-12(17)3-4-18-7-12/h1-2,5,17H,3-4,6-7H2,(H,15,16). The Hall–Kier alpha value is -0.370. The number of ether oxygens (including phenoxy) is 1. The molecule has 6 heteroatoms. The van der Waals surface area contributed by atoms with Crippen LogP contribution in [0.25, 0.3) is 0 Å². The molecule has 1 aromatic carbocycles. The van der Waals surface area contributed by atoms with Crippen LogP contribution in [0.1, 0.15) is 16.8 Å². The van der Waals surface area contributed by atoms with Gasteiger partial charge in [0.05, 0.1) is 11.6 Å². The number of halogens is 2. The van der Waals surface area contributed by atoms with Crippen LogP contribution in [-0.2, 0) is 4.74 Å². The number of amides is 1. The highest BCUT2D eigenvalue weighted by Crippen LogP contribution is 2.20. The van der Waals surface area contributed by atoms with Crippen molar-refractivity contribution in [1.29, 1.82) is 0 Å². The van der Waals surface area contributed by atoms with E-state index < -0.39 is 5.60 Å². The molecule has 0 saturated carbocycles. The predicted molar refractivity (Wildman–Crippen MR) is 76.9 cm³/mol. The van der Waals surface area contributed by atoms with E-state index >= 15 is 0 Å². The summed E-state index contributed by atoms with van der Waals surface area (Å²) in [6, 6.07) is 5.11. The second kappa shape index (κ2) is 5.73. The summed E-state index contributed by atoms with van der Waals surface area (Å²) in [6.07, 6.45) is 0.542. The van der Waals surface area contributed by atoms with Gasteiger partial charge in [-0.15, -0.1) is 0 Å². The lowest BCUT2D eigenvalue weighted by molar-refractivity contribution is 0.0264. The van der Waals surface area contributed by atoms with Crippen LogP contribution in [0.15, 0.2) is 18.2 Å². The van der Waals surface area contributed by atoms with Crippen LogP contribution in [-0.4, -0.2) is 36.4 Å². The molecular formula is C12H13ClINO3. The molecule has 1 fully saturated rings. The van der Waals surface area contributed by atoms with E-state index in [2.05, 4.69) is 27.9 Å². The molecular weight excluding hydrogens is 368 g/mol. The SMILES string of the molecule is O=C(NCC1(O)CCOC1)c1ccc(I)c(Cl)c1. The van der Waals surface area contributed by atoms with Crippen LogP contribution in [0.5, 0.6) is 0 Å². The number of aliphatic hydroxyl groups is 1. The normalized spacial score (nSPS) is 23.1. The van der Waals surface area contributed by atoms with Crippen LogP contribution >= 0.6 is 34.2 Å². The van der Waals surface area contributed by atoms with Gasteiger partial charge >= 0.3 is 0 Å². The van der Waals surface area contributed by atoms with Crippen molar-refractivity contribution in [1.82, 2.24) is 5.32 Å². The lowest BCUT2D eigenvalue weighted by atomic mass is 10.0. The van der Waals surface area contributed by atoms with Crippen LogP contribution in [0.4, 0.5) is 0 Å². The van der Waals surface area contributed by atoms with Crippen LogP contribution in [0.2, 0.25) is 5.02 Å². The van der Waals surface area contributed by atoms with Crippen molar-refractivity contribution in [3.8, 4) is 0 Å². The topological polar surface area (TPSA) is 58.6 Å². The summed E-state index contributed by atoms with van der Waals surface area (Å²) >= 11 is 8.05. The Morgan fingerprint density at radius 3 is 3.00 bits per heavy atom. The Labute approximate surface area is 124 Å². The van der Waals surface area contributed by atoms with Crippen LogP contribution in [0, 0.1) is 3.57 Å². The highest BCUT2D eigenvalue weighted by atomic mass is 127. The molecule has 1 aliphatic rings. The van der Waals surface area contributed by atoms with E-state index in [-0.39, 0.29) is 19.1 Å². The first kappa shape index (κ1) is 14.0. The third-order valence-corrected chi connectivity index (χ3v) is 4.41. The van der Waals surface area contributed by atoms with Crippen molar-refractivity contribution in [2.24, 2.45) is 0 Å². The Balaban J connectivity index is 1.97. The van der Waals surface area contributed by atoms with Gasteiger partial charge in [-0.1, -0.05) is 11.6 Å². The van der Waals surface area contributed by atoms with Crippen molar-refractivity contribution < 1.29 is 14.6 Å². The van der Waals surface area contributed by atoms with Crippen molar-refractivity contribution >= 4 is 40.1 Å². The fraction of sp³-hybridized carbons (Fsp3) is 0.417. The van der Waals surface area contributed by atoms with Crippen molar-refractivity contribution in [3.63, 3.8) is 0 Å². The Bertz CT molecular complexity index is 461. The molecule has 1 unspecified atom stereocenters. The minimum absolute atomic E-state index is 0.190. The molecule has 1 amide bonds. The van der Waals surface area contributed by atoms with E-state index in [9.17, 15) is 9.90 Å². The van der Waals surface area contributed by atoms with Crippen LogP contribution in [0.3, 0.4) is 0 Å². The van der Waals surface area contributed by atoms with Crippen molar-refractivity contribution in [3.05, 3.63) is 32.4 Å². The monoisotopic (exact) mass is 381 g/mol. The zero-order chi connectivity index (χ0) is 13.2. The second-order valence-electron chi connectivity index (χ2n) is 4.34. The van der Waals surface area contributed by atoms with Crippen molar-refractivity contribution in [2.45, 2.75) is 12.0 Å². The summed E-state index contributed by atoms with van der Waals surface area (Å²) in [5.74, 6) is -0.242.